The Morgan fingerprint density at radius 3 is 3.00 bits per heavy atom. The largest absolute Gasteiger partial charge is 0.490 e. The van der Waals surface area contributed by atoms with Gasteiger partial charge in [0.2, 0.25) is 5.91 Å². The van der Waals surface area contributed by atoms with Crippen LogP contribution in [-0.4, -0.2) is 49.3 Å². The van der Waals surface area contributed by atoms with Gasteiger partial charge in [0, 0.05) is 24.7 Å². The number of ether oxygens (including phenoxy) is 2. The van der Waals surface area contributed by atoms with Gasteiger partial charge in [0.05, 0.1) is 13.0 Å². The number of primary amides is 1. The molecule has 0 spiro atoms. The number of rotatable bonds is 8. The van der Waals surface area contributed by atoms with Gasteiger partial charge in [0.15, 0.2) is 0 Å². The Morgan fingerprint density at radius 2 is 2.33 bits per heavy atom. The summed E-state index contributed by atoms with van der Waals surface area (Å²) in [6, 6.07) is 7.21. The highest BCUT2D eigenvalue weighted by Gasteiger charge is 2.39. The zero-order valence-electron chi connectivity index (χ0n) is 14.5. The number of amides is 1. The van der Waals surface area contributed by atoms with E-state index in [1.165, 1.54) is 0 Å². The van der Waals surface area contributed by atoms with Crippen molar-refractivity contribution in [1.82, 2.24) is 4.90 Å². The Hall–Kier alpha value is -1.30. The van der Waals surface area contributed by atoms with Crippen LogP contribution in [0, 0.1) is 5.92 Å². The highest BCUT2D eigenvalue weighted by Crippen LogP contribution is 2.26. The number of morpholine rings is 1. The summed E-state index contributed by atoms with van der Waals surface area (Å²) in [5.74, 6) is 0.882. The fraction of sp³-hybridized carbons (Fsp3) is 0.611. The van der Waals surface area contributed by atoms with Crippen LogP contribution in [0.2, 0.25) is 5.02 Å². The highest BCUT2D eigenvalue weighted by atomic mass is 35.5. The first-order chi connectivity index (χ1) is 11.4. The maximum atomic E-state index is 11.6. The molecule has 1 heterocycles. The molecule has 2 atom stereocenters. The zero-order chi connectivity index (χ0) is 17.6. The fourth-order valence-corrected chi connectivity index (χ4v) is 3.16. The van der Waals surface area contributed by atoms with Crippen molar-refractivity contribution in [3.63, 3.8) is 0 Å². The Morgan fingerprint density at radius 1 is 1.54 bits per heavy atom. The second kappa shape index (κ2) is 8.70. The summed E-state index contributed by atoms with van der Waals surface area (Å²) in [5.41, 5.74) is 4.75. The maximum Gasteiger partial charge on any atom is 0.220 e. The fourth-order valence-electron chi connectivity index (χ4n) is 2.98. The van der Waals surface area contributed by atoms with E-state index in [0.717, 1.165) is 19.5 Å². The van der Waals surface area contributed by atoms with Crippen molar-refractivity contribution >= 4 is 17.5 Å². The molecule has 1 saturated heterocycles. The van der Waals surface area contributed by atoms with Crippen LogP contribution < -0.4 is 10.5 Å². The lowest BCUT2D eigenvalue weighted by molar-refractivity contribution is -0.148. The van der Waals surface area contributed by atoms with E-state index in [4.69, 9.17) is 26.8 Å². The average molecular weight is 355 g/mol. The van der Waals surface area contributed by atoms with Crippen LogP contribution in [0.15, 0.2) is 24.3 Å². The van der Waals surface area contributed by atoms with Gasteiger partial charge in [0.25, 0.3) is 0 Å². The number of halogens is 1. The molecular weight excluding hydrogens is 328 g/mol. The lowest BCUT2D eigenvalue weighted by atomic mass is 9.96. The second-order valence-corrected chi connectivity index (χ2v) is 7.11. The van der Waals surface area contributed by atoms with Crippen molar-refractivity contribution in [2.45, 2.75) is 32.3 Å². The van der Waals surface area contributed by atoms with Crippen molar-refractivity contribution < 1.29 is 14.3 Å². The summed E-state index contributed by atoms with van der Waals surface area (Å²) in [7, 11) is 0. The van der Waals surface area contributed by atoms with Crippen LogP contribution in [-0.2, 0) is 9.53 Å². The van der Waals surface area contributed by atoms with Crippen molar-refractivity contribution in [1.29, 1.82) is 0 Å². The second-order valence-electron chi connectivity index (χ2n) is 6.67. The molecule has 2 rings (SSSR count). The monoisotopic (exact) mass is 354 g/mol. The first kappa shape index (κ1) is 19.0. The van der Waals surface area contributed by atoms with Crippen molar-refractivity contribution in [2.24, 2.45) is 11.7 Å². The molecule has 1 fully saturated rings. The van der Waals surface area contributed by atoms with Gasteiger partial charge in [-0.3, -0.25) is 9.69 Å². The predicted molar refractivity (Wildman–Crippen MR) is 95.3 cm³/mol. The molecule has 24 heavy (non-hydrogen) atoms. The summed E-state index contributed by atoms with van der Waals surface area (Å²) < 4.78 is 11.8. The topological polar surface area (TPSA) is 64.8 Å². The van der Waals surface area contributed by atoms with Crippen molar-refractivity contribution in [2.75, 3.05) is 32.8 Å². The lowest BCUT2D eigenvalue weighted by Crippen LogP contribution is -2.57. The molecule has 2 N–H and O–H groups in total. The van der Waals surface area contributed by atoms with E-state index in [2.05, 4.69) is 18.7 Å². The smallest absolute Gasteiger partial charge is 0.220 e. The average Bonchev–Trinajstić information content (AvgIpc) is 2.52. The molecule has 0 aromatic heterocycles. The van der Waals surface area contributed by atoms with Crippen LogP contribution in [0.5, 0.6) is 5.75 Å². The van der Waals surface area contributed by atoms with E-state index in [0.29, 0.717) is 29.8 Å². The third-order valence-corrected chi connectivity index (χ3v) is 4.62. The molecule has 1 aliphatic heterocycles. The first-order valence-electron chi connectivity index (χ1n) is 8.45. The molecule has 1 aromatic carbocycles. The first-order valence-corrected chi connectivity index (χ1v) is 8.83. The summed E-state index contributed by atoms with van der Waals surface area (Å²) in [6.07, 6.45) is 1.27. The van der Waals surface area contributed by atoms with Gasteiger partial charge in [-0.2, -0.15) is 0 Å². The van der Waals surface area contributed by atoms with Crippen LogP contribution in [0.1, 0.15) is 26.7 Å². The number of benzene rings is 1. The third kappa shape index (κ3) is 5.65. The number of hydrogen-bond donors (Lipinski definition) is 1. The Balaban J connectivity index is 2.06. The number of carbonyl (C=O) groups is 1. The van der Waals surface area contributed by atoms with Crippen molar-refractivity contribution in [3.8, 4) is 5.75 Å². The molecule has 5 nitrogen and oxygen atoms in total. The third-order valence-electron chi connectivity index (χ3n) is 4.39. The Labute approximate surface area is 149 Å². The van der Waals surface area contributed by atoms with E-state index in [1.54, 1.807) is 12.1 Å². The minimum absolute atomic E-state index is 0.143. The van der Waals surface area contributed by atoms with Crippen LogP contribution in [0.3, 0.4) is 0 Å². The number of hydrogen-bond acceptors (Lipinski definition) is 4. The molecular formula is C18H27ClN2O3. The summed E-state index contributed by atoms with van der Waals surface area (Å²) in [6.45, 7) is 7.74. The molecule has 0 bridgehead atoms. The molecule has 134 valence electrons. The highest BCUT2D eigenvalue weighted by molar-refractivity contribution is 6.30. The van der Waals surface area contributed by atoms with E-state index >= 15 is 0 Å². The summed E-state index contributed by atoms with van der Waals surface area (Å²) in [4.78, 5) is 13.9. The molecule has 0 unspecified atom stereocenters. The maximum absolute atomic E-state index is 11.6. The van der Waals surface area contributed by atoms with Gasteiger partial charge in [-0.05, 0) is 24.1 Å². The normalized spacial score (nSPS) is 23.0. The number of nitrogens with two attached hydrogens (primary N) is 1. The standard InChI is InChI=1S/C18H27ClN2O3/c1-3-14(2)11-21-7-8-24-18(12-21,10-17(20)22)13-23-16-6-4-5-15(19)9-16/h4-6,9,14H,3,7-8,10-13H2,1-2H3,(H2,20,22)/t14-,18+/m0/s1. The summed E-state index contributed by atoms with van der Waals surface area (Å²) in [5, 5.41) is 0.611. The van der Waals surface area contributed by atoms with E-state index in [-0.39, 0.29) is 18.9 Å². The quantitative estimate of drug-likeness (QED) is 0.779. The van der Waals surface area contributed by atoms with Crippen LogP contribution in [0.25, 0.3) is 0 Å². The van der Waals surface area contributed by atoms with E-state index in [1.807, 2.05) is 12.1 Å². The van der Waals surface area contributed by atoms with Gasteiger partial charge in [-0.25, -0.2) is 0 Å². The lowest BCUT2D eigenvalue weighted by Gasteiger charge is -2.42. The molecule has 1 aromatic rings. The SMILES string of the molecule is CC[C@H](C)CN1CCO[C@](COc2cccc(Cl)c2)(CC(N)=O)C1. The number of nitrogens with zero attached hydrogens (tertiary/aromatic N) is 1. The van der Waals surface area contributed by atoms with Gasteiger partial charge in [-0.15, -0.1) is 0 Å². The molecule has 6 heteroatoms. The van der Waals surface area contributed by atoms with E-state index in [9.17, 15) is 4.79 Å². The Bertz CT molecular complexity index is 555. The predicted octanol–water partition coefficient (Wildman–Crippen LogP) is 2.71. The number of carbonyl (C=O) groups excluding carboxylic acids is 1. The molecule has 1 amide bonds. The minimum Gasteiger partial charge on any atom is -0.490 e. The molecule has 0 saturated carbocycles. The molecule has 0 aliphatic carbocycles. The molecule has 1 aliphatic rings. The van der Waals surface area contributed by atoms with Gasteiger partial charge < -0.3 is 15.2 Å². The van der Waals surface area contributed by atoms with Gasteiger partial charge >= 0.3 is 0 Å². The summed E-state index contributed by atoms with van der Waals surface area (Å²) >= 11 is 5.99. The zero-order valence-corrected chi connectivity index (χ0v) is 15.2. The minimum atomic E-state index is -0.708. The van der Waals surface area contributed by atoms with E-state index < -0.39 is 5.60 Å². The van der Waals surface area contributed by atoms with Gasteiger partial charge in [-0.1, -0.05) is 37.9 Å². The Kier molecular flexibility index (Phi) is 6.90. The van der Waals surface area contributed by atoms with Crippen LogP contribution in [0.4, 0.5) is 0 Å². The molecule has 0 radical (unpaired) electrons. The van der Waals surface area contributed by atoms with Crippen molar-refractivity contribution in [3.05, 3.63) is 29.3 Å². The van der Waals surface area contributed by atoms with Gasteiger partial charge in [0.1, 0.15) is 18.0 Å². The van der Waals surface area contributed by atoms with Crippen LogP contribution >= 0.6 is 11.6 Å².